The van der Waals surface area contributed by atoms with Crippen LogP contribution >= 0.6 is 0 Å². The Labute approximate surface area is 136 Å². The molecular formula is C17H25N5O. The fourth-order valence-corrected chi connectivity index (χ4v) is 3.49. The summed E-state index contributed by atoms with van der Waals surface area (Å²) < 4.78 is 2.31. The van der Waals surface area contributed by atoms with E-state index in [1.54, 1.807) is 0 Å². The summed E-state index contributed by atoms with van der Waals surface area (Å²) in [6.45, 7) is 8.12. The third-order valence-electron chi connectivity index (χ3n) is 4.72. The summed E-state index contributed by atoms with van der Waals surface area (Å²) in [4.78, 5) is 26.0. The van der Waals surface area contributed by atoms with Crippen molar-refractivity contribution < 1.29 is 0 Å². The SMILES string of the molecule is CCc1nccn1[C@@H]1CCCN([C@H](C)c2nc(C)cc(=O)[nH]2)C1. The lowest BCUT2D eigenvalue weighted by Crippen LogP contribution is -2.39. The molecule has 3 heterocycles. The minimum Gasteiger partial charge on any atom is -0.331 e. The van der Waals surface area contributed by atoms with Crippen LogP contribution in [0.4, 0.5) is 0 Å². The summed E-state index contributed by atoms with van der Waals surface area (Å²) in [6.07, 6.45) is 7.24. The summed E-state index contributed by atoms with van der Waals surface area (Å²) in [5.41, 5.74) is 0.697. The number of H-pyrrole nitrogens is 1. The lowest BCUT2D eigenvalue weighted by Gasteiger charge is -2.37. The Morgan fingerprint density at radius 3 is 3.04 bits per heavy atom. The van der Waals surface area contributed by atoms with Crippen LogP contribution in [0.1, 0.15) is 56.1 Å². The second kappa shape index (κ2) is 6.66. The van der Waals surface area contributed by atoms with E-state index in [0.717, 1.165) is 43.3 Å². The molecule has 6 nitrogen and oxygen atoms in total. The van der Waals surface area contributed by atoms with Gasteiger partial charge in [0, 0.05) is 43.2 Å². The average Bonchev–Trinajstić information content (AvgIpc) is 3.02. The second-order valence-electron chi connectivity index (χ2n) is 6.34. The maximum atomic E-state index is 11.7. The molecule has 6 heteroatoms. The third-order valence-corrected chi connectivity index (χ3v) is 4.72. The zero-order valence-electron chi connectivity index (χ0n) is 14.1. The van der Waals surface area contributed by atoms with Crippen LogP contribution in [0, 0.1) is 6.92 Å². The van der Waals surface area contributed by atoms with Crippen LogP contribution < -0.4 is 5.56 Å². The number of aryl methyl sites for hydroxylation is 2. The largest absolute Gasteiger partial charge is 0.331 e. The zero-order valence-corrected chi connectivity index (χ0v) is 14.1. The van der Waals surface area contributed by atoms with E-state index in [1.165, 1.54) is 12.5 Å². The molecule has 0 spiro atoms. The summed E-state index contributed by atoms with van der Waals surface area (Å²) in [6, 6.07) is 2.09. The van der Waals surface area contributed by atoms with Gasteiger partial charge in [-0.15, -0.1) is 0 Å². The van der Waals surface area contributed by atoms with Gasteiger partial charge in [-0.05, 0) is 33.2 Å². The topological polar surface area (TPSA) is 66.8 Å². The second-order valence-corrected chi connectivity index (χ2v) is 6.34. The molecule has 0 bridgehead atoms. The van der Waals surface area contributed by atoms with Gasteiger partial charge in [-0.1, -0.05) is 6.92 Å². The Balaban J connectivity index is 1.79. The Bertz CT molecular complexity index is 720. The van der Waals surface area contributed by atoms with E-state index in [0.29, 0.717) is 6.04 Å². The van der Waals surface area contributed by atoms with Crippen molar-refractivity contribution in [2.45, 2.75) is 52.1 Å². The van der Waals surface area contributed by atoms with Crippen LogP contribution in [0.5, 0.6) is 0 Å². The quantitative estimate of drug-likeness (QED) is 0.939. The molecule has 0 amide bonds. The predicted molar refractivity (Wildman–Crippen MR) is 89.5 cm³/mol. The number of rotatable bonds is 4. The normalized spacial score (nSPS) is 20.6. The highest BCUT2D eigenvalue weighted by Crippen LogP contribution is 2.28. The number of nitrogens with zero attached hydrogens (tertiary/aromatic N) is 4. The van der Waals surface area contributed by atoms with Crippen LogP contribution in [0.15, 0.2) is 23.3 Å². The van der Waals surface area contributed by atoms with Gasteiger partial charge >= 0.3 is 0 Å². The maximum absolute atomic E-state index is 11.7. The highest BCUT2D eigenvalue weighted by molar-refractivity contribution is 5.04. The van der Waals surface area contributed by atoms with E-state index in [9.17, 15) is 4.79 Å². The molecule has 0 unspecified atom stereocenters. The average molecular weight is 315 g/mol. The van der Waals surface area contributed by atoms with Gasteiger partial charge in [0.15, 0.2) is 0 Å². The number of aromatic nitrogens is 4. The van der Waals surface area contributed by atoms with Gasteiger partial charge in [0.1, 0.15) is 11.6 Å². The number of hydrogen-bond donors (Lipinski definition) is 1. The van der Waals surface area contributed by atoms with Crippen LogP contribution in [0.3, 0.4) is 0 Å². The van der Waals surface area contributed by atoms with Crippen molar-refractivity contribution in [1.29, 1.82) is 0 Å². The fourth-order valence-electron chi connectivity index (χ4n) is 3.49. The van der Waals surface area contributed by atoms with E-state index in [-0.39, 0.29) is 11.6 Å². The molecule has 1 aliphatic rings. The van der Waals surface area contributed by atoms with E-state index >= 15 is 0 Å². The standard InChI is InChI=1S/C17H25N5O/c1-4-15-18-7-9-22(15)14-6-5-8-21(11-14)13(3)17-19-12(2)10-16(23)20-17/h7,9-10,13-14H,4-6,8,11H2,1-3H3,(H,19,20,23)/t13-,14-/m1/s1. The van der Waals surface area contributed by atoms with Crippen LogP contribution in [0.2, 0.25) is 0 Å². The summed E-state index contributed by atoms with van der Waals surface area (Å²) in [5, 5.41) is 0. The van der Waals surface area contributed by atoms with Crippen LogP contribution in [0.25, 0.3) is 0 Å². The van der Waals surface area contributed by atoms with Crippen molar-refractivity contribution >= 4 is 0 Å². The number of aromatic amines is 1. The van der Waals surface area contributed by atoms with Crippen LogP contribution in [-0.2, 0) is 6.42 Å². The molecular weight excluding hydrogens is 290 g/mol. The molecule has 23 heavy (non-hydrogen) atoms. The minimum absolute atomic E-state index is 0.0733. The van der Waals surface area contributed by atoms with Gasteiger partial charge in [-0.2, -0.15) is 0 Å². The molecule has 1 aliphatic heterocycles. The first-order valence-electron chi connectivity index (χ1n) is 8.42. The van der Waals surface area contributed by atoms with Crippen molar-refractivity contribution in [1.82, 2.24) is 24.4 Å². The molecule has 0 aliphatic carbocycles. The molecule has 0 aromatic carbocycles. The van der Waals surface area contributed by atoms with E-state index in [1.807, 2.05) is 13.1 Å². The predicted octanol–water partition coefficient (Wildman–Crippen LogP) is 2.24. The fraction of sp³-hybridized carbons (Fsp3) is 0.588. The highest BCUT2D eigenvalue weighted by Gasteiger charge is 2.27. The molecule has 3 rings (SSSR count). The van der Waals surface area contributed by atoms with Gasteiger partial charge in [0.2, 0.25) is 0 Å². The molecule has 2 atom stereocenters. The molecule has 1 N–H and O–H groups in total. The number of imidazole rings is 1. The van der Waals surface area contributed by atoms with E-state index in [4.69, 9.17) is 0 Å². The lowest BCUT2D eigenvalue weighted by molar-refractivity contribution is 0.128. The van der Waals surface area contributed by atoms with Gasteiger partial charge in [-0.25, -0.2) is 9.97 Å². The van der Waals surface area contributed by atoms with Crippen molar-refractivity contribution in [3.8, 4) is 0 Å². The van der Waals surface area contributed by atoms with Crippen LogP contribution in [-0.4, -0.2) is 37.5 Å². The number of hydrogen-bond acceptors (Lipinski definition) is 4. The van der Waals surface area contributed by atoms with Gasteiger partial charge in [0.25, 0.3) is 5.56 Å². The third kappa shape index (κ3) is 3.37. The minimum atomic E-state index is -0.0733. The van der Waals surface area contributed by atoms with E-state index in [2.05, 4.69) is 44.5 Å². The first-order valence-corrected chi connectivity index (χ1v) is 8.42. The maximum Gasteiger partial charge on any atom is 0.251 e. The molecule has 0 saturated carbocycles. The van der Waals surface area contributed by atoms with Crippen molar-refractivity contribution in [2.75, 3.05) is 13.1 Å². The first-order chi connectivity index (χ1) is 11.1. The first kappa shape index (κ1) is 15.9. The van der Waals surface area contributed by atoms with Gasteiger partial charge in [-0.3, -0.25) is 9.69 Å². The highest BCUT2D eigenvalue weighted by atomic mass is 16.1. The Hall–Kier alpha value is -1.95. The van der Waals surface area contributed by atoms with Crippen molar-refractivity contribution in [2.24, 2.45) is 0 Å². The molecule has 124 valence electrons. The van der Waals surface area contributed by atoms with Gasteiger partial charge in [0.05, 0.1) is 6.04 Å². The molecule has 1 saturated heterocycles. The summed E-state index contributed by atoms with van der Waals surface area (Å²) in [7, 11) is 0. The van der Waals surface area contributed by atoms with Crippen molar-refractivity contribution in [3.05, 3.63) is 46.2 Å². The summed E-state index contributed by atoms with van der Waals surface area (Å²) in [5.74, 6) is 1.91. The number of likely N-dealkylation sites (tertiary alicyclic amines) is 1. The zero-order chi connectivity index (χ0) is 16.4. The summed E-state index contributed by atoms with van der Waals surface area (Å²) >= 11 is 0. The van der Waals surface area contributed by atoms with Crippen molar-refractivity contribution in [3.63, 3.8) is 0 Å². The smallest absolute Gasteiger partial charge is 0.251 e. The molecule has 1 fully saturated rings. The molecule has 2 aromatic heterocycles. The molecule has 0 radical (unpaired) electrons. The van der Waals surface area contributed by atoms with E-state index < -0.39 is 0 Å². The Morgan fingerprint density at radius 1 is 1.48 bits per heavy atom. The Morgan fingerprint density at radius 2 is 2.30 bits per heavy atom. The monoisotopic (exact) mass is 315 g/mol. The van der Waals surface area contributed by atoms with Gasteiger partial charge < -0.3 is 9.55 Å². The molecule has 2 aromatic rings. The lowest BCUT2D eigenvalue weighted by atomic mass is 10.0. The Kier molecular flexibility index (Phi) is 4.61. The number of nitrogens with one attached hydrogen (secondary N) is 1. The number of piperidine rings is 1.